The van der Waals surface area contributed by atoms with E-state index in [4.69, 9.17) is 4.74 Å². The fraction of sp³-hybridized carbons (Fsp3) is 0.231. The maximum absolute atomic E-state index is 13.3. The Morgan fingerprint density at radius 1 is 0.968 bits per heavy atom. The third kappa shape index (κ3) is 4.77. The van der Waals surface area contributed by atoms with Crippen molar-refractivity contribution in [1.82, 2.24) is 5.32 Å². The van der Waals surface area contributed by atoms with Gasteiger partial charge in [-0.2, -0.15) is 0 Å². The van der Waals surface area contributed by atoms with Crippen molar-refractivity contribution < 1.29 is 14.3 Å². The average molecular weight is 415 g/mol. The van der Waals surface area contributed by atoms with Gasteiger partial charge in [0, 0.05) is 18.7 Å². The molecule has 2 amide bonds. The molecule has 5 nitrogen and oxygen atoms in total. The smallest absolute Gasteiger partial charge is 0.232 e. The van der Waals surface area contributed by atoms with E-state index in [9.17, 15) is 9.59 Å². The number of amides is 2. The van der Waals surface area contributed by atoms with Gasteiger partial charge in [-0.05, 0) is 42.3 Å². The summed E-state index contributed by atoms with van der Waals surface area (Å²) < 4.78 is 5.47. The van der Waals surface area contributed by atoms with Crippen LogP contribution >= 0.6 is 0 Å². The van der Waals surface area contributed by atoms with Crippen LogP contribution in [0.25, 0.3) is 0 Å². The lowest BCUT2D eigenvalue weighted by molar-refractivity contribution is -0.122. The highest BCUT2D eigenvalue weighted by Crippen LogP contribution is 2.27. The first-order valence-electron chi connectivity index (χ1n) is 10.6. The second-order valence-corrected chi connectivity index (χ2v) is 7.60. The lowest BCUT2D eigenvalue weighted by Crippen LogP contribution is -2.40. The molecule has 3 aromatic carbocycles. The molecule has 4 rings (SSSR count). The van der Waals surface area contributed by atoms with Crippen molar-refractivity contribution in [1.29, 1.82) is 0 Å². The number of carbonyl (C=O) groups excluding carboxylic acids is 2. The van der Waals surface area contributed by atoms with Gasteiger partial charge in [0.15, 0.2) is 0 Å². The quantitative estimate of drug-likeness (QED) is 0.632. The maximum Gasteiger partial charge on any atom is 0.232 e. The van der Waals surface area contributed by atoms with E-state index in [2.05, 4.69) is 5.32 Å². The molecule has 0 bridgehead atoms. The Hall–Kier alpha value is -3.60. The highest BCUT2D eigenvalue weighted by molar-refractivity contribution is 5.97. The van der Waals surface area contributed by atoms with Gasteiger partial charge in [-0.1, -0.05) is 60.7 Å². The van der Waals surface area contributed by atoms with Gasteiger partial charge >= 0.3 is 0 Å². The van der Waals surface area contributed by atoms with Crippen molar-refractivity contribution in [2.24, 2.45) is 0 Å². The molecule has 3 aromatic rings. The largest absolute Gasteiger partial charge is 0.494 e. The number of ether oxygens (including phenoxy) is 1. The Morgan fingerprint density at radius 2 is 1.55 bits per heavy atom. The monoisotopic (exact) mass is 414 g/mol. The Labute approximate surface area is 182 Å². The van der Waals surface area contributed by atoms with Crippen LogP contribution in [0.15, 0.2) is 84.9 Å². The van der Waals surface area contributed by atoms with Crippen LogP contribution in [-0.2, 0) is 9.59 Å². The van der Waals surface area contributed by atoms with E-state index >= 15 is 0 Å². The summed E-state index contributed by atoms with van der Waals surface area (Å²) in [6.07, 6.45) is 0.287. The average Bonchev–Trinajstić information content (AvgIpc) is 3.16. The lowest BCUT2D eigenvalue weighted by atomic mass is 9.90. The third-order valence-electron chi connectivity index (χ3n) is 5.46. The van der Waals surface area contributed by atoms with Gasteiger partial charge in [0.25, 0.3) is 0 Å². The molecule has 31 heavy (non-hydrogen) atoms. The van der Waals surface area contributed by atoms with Gasteiger partial charge in [-0.25, -0.2) is 0 Å². The van der Waals surface area contributed by atoms with Crippen LogP contribution in [0.2, 0.25) is 0 Å². The number of rotatable bonds is 7. The molecule has 1 atom stereocenters. The molecule has 1 aliphatic rings. The van der Waals surface area contributed by atoms with Crippen molar-refractivity contribution in [3.05, 3.63) is 96.1 Å². The predicted octanol–water partition coefficient (Wildman–Crippen LogP) is 4.14. The van der Waals surface area contributed by atoms with Crippen LogP contribution in [0.3, 0.4) is 0 Å². The third-order valence-corrected chi connectivity index (χ3v) is 5.46. The molecule has 1 aliphatic heterocycles. The standard InChI is InChI=1S/C26H26N2O3/c1-2-31-23-15-13-22(14-16-23)28-18-21(17-24(28)29)27-26(30)25(19-9-5-3-6-10-19)20-11-7-4-8-12-20/h3-16,21,25H,2,17-18H2,1H3,(H,27,30)/t21-/m1/s1. The van der Waals surface area contributed by atoms with E-state index in [-0.39, 0.29) is 24.3 Å². The number of carbonyl (C=O) groups is 2. The molecule has 0 unspecified atom stereocenters. The molecule has 0 spiro atoms. The summed E-state index contributed by atoms with van der Waals surface area (Å²) >= 11 is 0. The fourth-order valence-electron chi connectivity index (χ4n) is 4.01. The molecule has 0 radical (unpaired) electrons. The summed E-state index contributed by atoms with van der Waals surface area (Å²) in [5.74, 6) is 0.266. The summed E-state index contributed by atoms with van der Waals surface area (Å²) in [5, 5.41) is 3.11. The van der Waals surface area contributed by atoms with Crippen LogP contribution in [-0.4, -0.2) is 31.0 Å². The van der Waals surface area contributed by atoms with Crippen molar-refractivity contribution >= 4 is 17.5 Å². The summed E-state index contributed by atoms with van der Waals surface area (Å²) in [4.78, 5) is 27.7. The van der Waals surface area contributed by atoms with Gasteiger partial charge in [-0.3, -0.25) is 9.59 Å². The molecule has 0 aliphatic carbocycles. The summed E-state index contributed by atoms with van der Waals surface area (Å²) in [5.41, 5.74) is 2.67. The second-order valence-electron chi connectivity index (χ2n) is 7.60. The van der Waals surface area contributed by atoms with E-state index in [0.29, 0.717) is 13.2 Å². The van der Waals surface area contributed by atoms with E-state index in [0.717, 1.165) is 22.6 Å². The molecule has 1 heterocycles. The molecule has 1 N–H and O–H groups in total. The van der Waals surface area contributed by atoms with E-state index in [1.54, 1.807) is 4.90 Å². The number of hydrogen-bond donors (Lipinski definition) is 1. The van der Waals surface area contributed by atoms with Crippen molar-refractivity contribution in [3.8, 4) is 5.75 Å². The first kappa shape index (κ1) is 20.7. The molecule has 1 saturated heterocycles. The SMILES string of the molecule is CCOc1ccc(N2C[C@H](NC(=O)C(c3ccccc3)c3ccccc3)CC2=O)cc1. The van der Waals surface area contributed by atoms with E-state index in [1.165, 1.54) is 0 Å². The zero-order valence-electron chi connectivity index (χ0n) is 17.5. The summed E-state index contributed by atoms with van der Waals surface area (Å²) in [6.45, 7) is 2.98. The predicted molar refractivity (Wildman–Crippen MR) is 121 cm³/mol. The molecular formula is C26H26N2O3. The van der Waals surface area contributed by atoms with E-state index in [1.807, 2.05) is 91.9 Å². The molecule has 1 fully saturated rings. The van der Waals surface area contributed by atoms with Gasteiger partial charge in [0.05, 0.1) is 18.6 Å². The van der Waals surface area contributed by atoms with Crippen molar-refractivity contribution in [2.45, 2.75) is 25.3 Å². The highest BCUT2D eigenvalue weighted by Gasteiger charge is 2.33. The number of hydrogen-bond acceptors (Lipinski definition) is 3. The topological polar surface area (TPSA) is 58.6 Å². The first-order chi connectivity index (χ1) is 15.2. The Balaban J connectivity index is 1.49. The van der Waals surface area contributed by atoms with Crippen LogP contribution < -0.4 is 15.0 Å². The summed E-state index contributed by atoms with van der Waals surface area (Å²) in [7, 11) is 0. The van der Waals surface area contributed by atoms with Gasteiger partial charge in [-0.15, -0.1) is 0 Å². The second kappa shape index (κ2) is 9.47. The van der Waals surface area contributed by atoms with Crippen LogP contribution in [0.5, 0.6) is 5.75 Å². The fourth-order valence-corrected chi connectivity index (χ4v) is 4.01. The minimum atomic E-state index is -0.419. The number of nitrogens with one attached hydrogen (secondary N) is 1. The molecule has 0 aromatic heterocycles. The van der Waals surface area contributed by atoms with Gasteiger partial charge in [0.2, 0.25) is 11.8 Å². The van der Waals surface area contributed by atoms with Crippen LogP contribution in [0, 0.1) is 0 Å². The zero-order valence-corrected chi connectivity index (χ0v) is 17.5. The summed E-state index contributed by atoms with van der Waals surface area (Å²) in [6, 6.07) is 26.7. The molecule has 158 valence electrons. The maximum atomic E-state index is 13.3. The molecule has 0 saturated carbocycles. The van der Waals surface area contributed by atoms with Crippen LogP contribution in [0.4, 0.5) is 5.69 Å². The van der Waals surface area contributed by atoms with E-state index < -0.39 is 5.92 Å². The Kier molecular flexibility index (Phi) is 6.32. The van der Waals surface area contributed by atoms with Gasteiger partial charge < -0.3 is 15.0 Å². The molecule has 5 heteroatoms. The minimum Gasteiger partial charge on any atom is -0.494 e. The zero-order chi connectivity index (χ0) is 21.6. The number of benzene rings is 3. The minimum absolute atomic E-state index is 0.00503. The Morgan fingerprint density at radius 3 is 2.10 bits per heavy atom. The normalized spacial score (nSPS) is 15.9. The van der Waals surface area contributed by atoms with Crippen LogP contribution in [0.1, 0.15) is 30.4 Å². The first-order valence-corrected chi connectivity index (χ1v) is 10.6. The van der Waals surface area contributed by atoms with Crippen molar-refractivity contribution in [3.63, 3.8) is 0 Å². The van der Waals surface area contributed by atoms with Gasteiger partial charge in [0.1, 0.15) is 5.75 Å². The Bertz CT molecular complexity index is 980. The highest BCUT2D eigenvalue weighted by atomic mass is 16.5. The van der Waals surface area contributed by atoms with Crippen molar-refractivity contribution in [2.75, 3.05) is 18.1 Å². The number of anilines is 1. The molecular weight excluding hydrogens is 388 g/mol. The number of nitrogens with zero attached hydrogens (tertiary/aromatic N) is 1. The lowest BCUT2D eigenvalue weighted by Gasteiger charge is -2.21.